The number of furan rings is 1. The zero-order valence-corrected chi connectivity index (χ0v) is 27.1. The first-order chi connectivity index (χ1) is 22.2. The number of amidine groups is 1. The molecular formula is C40H36N2O3S. The van der Waals surface area contributed by atoms with Crippen LogP contribution in [0.15, 0.2) is 142 Å². The van der Waals surface area contributed by atoms with E-state index in [0.29, 0.717) is 0 Å². The second-order valence-corrected chi connectivity index (χ2v) is 13.4. The van der Waals surface area contributed by atoms with Gasteiger partial charge in [0.1, 0.15) is 22.6 Å². The molecule has 0 spiro atoms. The molecule has 2 N–H and O–H groups in total. The van der Waals surface area contributed by atoms with Crippen molar-refractivity contribution in [2.24, 2.45) is 4.99 Å². The zero-order valence-electron chi connectivity index (χ0n) is 26.3. The molecule has 1 aliphatic heterocycles. The van der Waals surface area contributed by atoms with Gasteiger partial charge >= 0.3 is 0 Å². The third-order valence-corrected chi connectivity index (χ3v) is 9.87. The molecule has 230 valence electrons. The lowest BCUT2D eigenvalue weighted by Gasteiger charge is -2.35. The average molecular weight is 625 g/mol. The van der Waals surface area contributed by atoms with Crippen LogP contribution in [0.2, 0.25) is 0 Å². The molecule has 5 nitrogen and oxygen atoms in total. The topological polar surface area (TPSA) is 67.0 Å². The number of aliphatic imine (C=N–C) groups is 1. The van der Waals surface area contributed by atoms with Gasteiger partial charge in [0.15, 0.2) is 0 Å². The van der Waals surface area contributed by atoms with Gasteiger partial charge < -0.3 is 19.0 Å². The first kappa shape index (κ1) is 30.1. The number of nitrogens with one attached hydrogen (secondary N) is 1. The van der Waals surface area contributed by atoms with Crippen LogP contribution in [-0.4, -0.2) is 22.1 Å². The minimum Gasteiger partial charge on any atom is -0.455 e. The molecule has 0 bridgehead atoms. The minimum absolute atomic E-state index is 0.0572. The Kier molecular flexibility index (Phi) is 7.81. The number of nitrogens with zero attached hydrogens (tertiary/aromatic N) is 1. The summed E-state index contributed by atoms with van der Waals surface area (Å²) in [5.41, 5.74) is 6.12. The minimum atomic E-state index is -1.02. The highest BCUT2D eigenvalue weighted by atomic mass is 32.2. The van der Waals surface area contributed by atoms with E-state index in [0.717, 1.165) is 66.2 Å². The summed E-state index contributed by atoms with van der Waals surface area (Å²) in [4.78, 5) is 5.94. The van der Waals surface area contributed by atoms with Gasteiger partial charge in [-0.15, -0.1) is 0 Å². The molecule has 1 atom stereocenters. The van der Waals surface area contributed by atoms with Crippen molar-refractivity contribution in [3.8, 4) is 11.1 Å². The highest BCUT2D eigenvalue weighted by Gasteiger charge is 2.37. The van der Waals surface area contributed by atoms with Crippen molar-refractivity contribution in [2.75, 3.05) is 0 Å². The first-order valence-corrected chi connectivity index (χ1v) is 16.2. The molecule has 0 aliphatic carbocycles. The maximum atomic E-state index is 10.7. The van der Waals surface area contributed by atoms with Crippen molar-refractivity contribution in [1.82, 2.24) is 5.32 Å². The molecule has 0 radical (unpaired) electrons. The van der Waals surface area contributed by atoms with Crippen molar-refractivity contribution in [1.29, 1.82) is 0 Å². The summed E-state index contributed by atoms with van der Waals surface area (Å²) in [6, 6.07) is 41.4. The normalized spacial score (nSPS) is 15.5. The van der Waals surface area contributed by atoms with Crippen LogP contribution in [0.5, 0.6) is 0 Å². The van der Waals surface area contributed by atoms with Gasteiger partial charge in [-0.1, -0.05) is 103 Å². The van der Waals surface area contributed by atoms with Gasteiger partial charge in [-0.3, -0.25) is 0 Å². The standard InChI is InChI=1S/C40H36N2O3S/c1-39(2,43)40(3,4)45-46-35-24-23-30(37-36(35)31-17-11-12-18-34(31)44-37)26-19-21-28(22-20-26)33-25-32(27-13-7-5-8-14-27)41-38(42-33)29-15-9-6-10-16-29/h5-25,33,43H,1-4H3,(H,41,42). The van der Waals surface area contributed by atoms with Gasteiger partial charge in [-0.25, -0.2) is 4.99 Å². The molecule has 1 aromatic heterocycles. The quantitative estimate of drug-likeness (QED) is 0.165. The summed E-state index contributed by atoms with van der Waals surface area (Å²) in [6.07, 6.45) is 2.19. The summed E-state index contributed by atoms with van der Waals surface area (Å²) < 4.78 is 12.7. The van der Waals surface area contributed by atoms with Crippen LogP contribution < -0.4 is 5.32 Å². The molecule has 0 saturated carbocycles. The first-order valence-electron chi connectivity index (χ1n) is 15.5. The number of aliphatic hydroxyl groups is 1. The molecule has 1 aliphatic rings. The van der Waals surface area contributed by atoms with Gasteiger partial charge in [0.05, 0.1) is 17.3 Å². The fourth-order valence-corrected chi connectivity index (χ4v) is 6.36. The Morgan fingerprint density at radius 3 is 2.09 bits per heavy atom. The van der Waals surface area contributed by atoms with Crippen LogP contribution >= 0.6 is 12.0 Å². The van der Waals surface area contributed by atoms with E-state index in [2.05, 4.69) is 78.1 Å². The van der Waals surface area contributed by atoms with E-state index in [4.69, 9.17) is 13.6 Å². The summed E-state index contributed by atoms with van der Waals surface area (Å²) >= 11 is 1.28. The highest BCUT2D eigenvalue weighted by Crippen LogP contribution is 2.43. The molecule has 5 aromatic carbocycles. The summed E-state index contributed by atoms with van der Waals surface area (Å²) in [5, 5.41) is 16.3. The van der Waals surface area contributed by atoms with Crippen molar-refractivity contribution < 1.29 is 13.7 Å². The molecular weight excluding hydrogens is 589 g/mol. The molecule has 0 amide bonds. The van der Waals surface area contributed by atoms with E-state index in [9.17, 15) is 5.11 Å². The van der Waals surface area contributed by atoms with E-state index in [1.807, 2.05) is 68.4 Å². The van der Waals surface area contributed by atoms with E-state index in [1.165, 1.54) is 12.0 Å². The molecule has 46 heavy (non-hydrogen) atoms. The Labute approximate surface area is 273 Å². The Hall–Kier alpha value is -4.62. The fourth-order valence-electron chi connectivity index (χ4n) is 5.45. The molecule has 2 heterocycles. The lowest BCUT2D eigenvalue weighted by molar-refractivity contribution is -0.0813. The molecule has 6 heteroatoms. The number of rotatable bonds is 8. The molecule has 1 unspecified atom stereocenters. The number of para-hydroxylation sites is 1. The Balaban J connectivity index is 1.25. The van der Waals surface area contributed by atoms with Crippen LogP contribution in [0.25, 0.3) is 38.8 Å². The van der Waals surface area contributed by atoms with Gasteiger partial charge in [0.2, 0.25) is 0 Å². The van der Waals surface area contributed by atoms with Crippen LogP contribution in [0.1, 0.15) is 50.4 Å². The third-order valence-electron chi connectivity index (χ3n) is 8.85. The summed E-state index contributed by atoms with van der Waals surface area (Å²) in [7, 11) is 0. The van der Waals surface area contributed by atoms with Crippen molar-refractivity contribution in [3.63, 3.8) is 0 Å². The largest absolute Gasteiger partial charge is 0.455 e. The van der Waals surface area contributed by atoms with E-state index < -0.39 is 11.2 Å². The smallest absolute Gasteiger partial charge is 0.144 e. The van der Waals surface area contributed by atoms with Crippen molar-refractivity contribution >= 4 is 45.5 Å². The number of hydrogen-bond acceptors (Lipinski definition) is 6. The van der Waals surface area contributed by atoms with Gasteiger partial charge in [-0.05, 0) is 68.7 Å². The average Bonchev–Trinajstić information content (AvgIpc) is 3.47. The lowest BCUT2D eigenvalue weighted by atomic mass is 9.90. The number of hydrogen-bond donors (Lipinski definition) is 2. The van der Waals surface area contributed by atoms with E-state index in [1.54, 1.807) is 13.8 Å². The molecule has 7 rings (SSSR count). The lowest BCUT2D eigenvalue weighted by Crippen LogP contribution is -2.45. The fraction of sp³-hybridized carbons (Fsp3) is 0.175. The predicted molar refractivity (Wildman–Crippen MR) is 190 cm³/mol. The zero-order chi connectivity index (χ0) is 31.9. The molecule has 0 fully saturated rings. The Bertz CT molecular complexity index is 2070. The number of fused-ring (bicyclic) bond motifs is 3. The SMILES string of the molecule is CC(C)(O)C(C)(C)OSc1ccc(-c2ccc(C3C=C(c4ccccc4)N=C(c4ccccc4)N3)cc2)c2oc3ccccc3c12. The van der Waals surface area contributed by atoms with Crippen molar-refractivity contribution in [2.45, 2.75) is 49.8 Å². The molecule has 0 saturated heterocycles. The van der Waals surface area contributed by atoms with E-state index >= 15 is 0 Å². The van der Waals surface area contributed by atoms with E-state index in [-0.39, 0.29) is 6.04 Å². The Morgan fingerprint density at radius 2 is 1.39 bits per heavy atom. The third kappa shape index (κ3) is 5.76. The maximum Gasteiger partial charge on any atom is 0.144 e. The Morgan fingerprint density at radius 1 is 0.739 bits per heavy atom. The second-order valence-electron chi connectivity index (χ2n) is 12.6. The molecule has 6 aromatic rings. The van der Waals surface area contributed by atoms with Crippen molar-refractivity contribution in [3.05, 3.63) is 144 Å². The van der Waals surface area contributed by atoms with Gasteiger partial charge in [0.25, 0.3) is 0 Å². The van der Waals surface area contributed by atoms with Gasteiger partial charge in [-0.2, -0.15) is 0 Å². The second kappa shape index (κ2) is 12.0. The van der Waals surface area contributed by atoms with Gasteiger partial charge in [0, 0.05) is 38.8 Å². The number of benzene rings is 5. The van der Waals surface area contributed by atoms with Crippen LogP contribution in [0.3, 0.4) is 0 Å². The van der Waals surface area contributed by atoms with Crippen LogP contribution in [-0.2, 0) is 4.18 Å². The summed E-state index contributed by atoms with van der Waals surface area (Å²) in [6.45, 7) is 7.32. The van der Waals surface area contributed by atoms with Crippen LogP contribution in [0.4, 0.5) is 0 Å². The van der Waals surface area contributed by atoms with Crippen LogP contribution in [0, 0.1) is 0 Å². The predicted octanol–water partition coefficient (Wildman–Crippen LogP) is 9.96. The highest BCUT2D eigenvalue weighted by molar-refractivity contribution is 7.95. The maximum absolute atomic E-state index is 10.7. The monoisotopic (exact) mass is 624 g/mol. The summed E-state index contributed by atoms with van der Waals surface area (Å²) in [5.74, 6) is 0.850.